The van der Waals surface area contributed by atoms with Crippen molar-refractivity contribution in [2.24, 2.45) is 0 Å². The summed E-state index contributed by atoms with van der Waals surface area (Å²) in [6.07, 6.45) is 7.41. The average Bonchev–Trinajstić information content (AvgIpc) is 2.47. The Kier molecular flexibility index (Phi) is 8.88. The third-order valence-electron chi connectivity index (χ3n) is 3.19. The average molecular weight is 319 g/mol. The van der Waals surface area contributed by atoms with E-state index in [0.29, 0.717) is 29.0 Å². The van der Waals surface area contributed by atoms with Crippen LogP contribution in [0.3, 0.4) is 0 Å². The largest absolute Gasteiger partial charge is 0.493 e. The Balaban J connectivity index is 2.43. The van der Waals surface area contributed by atoms with Crippen LogP contribution in [0.2, 0.25) is 5.02 Å². The lowest BCUT2D eigenvalue weighted by atomic mass is 10.1. The molecule has 4 heteroatoms. The highest BCUT2D eigenvalue weighted by Crippen LogP contribution is 2.36. The van der Waals surface area contributed by atoms with Crippen LogP contribution in [0, 0.1) is 0 Å². The Morgan fingerprint density at radius 2 is 1.75 bits per heavy atom. The molecule has 0 N–H and O–H groups in total. The second-order valence-corrected chi connectivity index (χ2v) is 5.53. The van der Waals surface area contributed by atoms with Crippen LogP contribution in [0.15, 0.2) is 12.1 Å². The number of rotatable bonds is 10. The van der Waals surface area contributed by atoms with E-state index in [4.69, 9.17) is 32.7 Å². The van der Waals surface area contributed by atoms with Crippen LogP contribution in [0.25, 0.3) is 0 Å². The Morgan fingerprint density at radius 1 is 1.05 bits per heavy atom. The van der Waals surface area contributed by atoms with E-state index < -0.39 is 0 Å². The minimum atomic E-state index is 0.411. The molecule has 1 aromatic rings. The van der Waals surface area contributed by atoms with Crippen LogP contribution in [0.5, 0.6) is 11.5 Å². The molecular weight excluding hydrogens is 295 g/mol. The fourth-order valence-corrected chi connectivity index (χ4v) is 2.49. The van der Waals surface area contributed by atoms with Gasteiger partial charge in [-0.15, -0.1) is 11.6 Å². The second kappa shape index (κ2) is 10.2. The van der Waals surface area contributed by atoms with E-state index in [1.807, 2.05) is 12.1 Å². The summed E-state index contributed by atoms with van der Waals surface area (Å²) in [5.41, 5.74) is 0.931. The van der Waals surface area contributed by atoms with Crippen LogP contribution >= 0.6 is 23.2 Å². The van der Waals surface area contributed by atoms with E-state index in [0.717, 1.165) is 12.0 Å². The molecule has 0 aliphatic rings. The molecule has 0 spiro atoms. The fourth-order valence-electron chi connectivity index (χ4n) is 2.05. The van der Waals surface area contributed by atoms with Crippen LogP contribution in [-0.2, 0) is 5.88 Å². The maximum absolute atomic E-state index is 6.21. The zero-order valence-corrected chi connectivity index (χ0v) is 13.9. The molecule has 0 unspecified atom stereocenters. The van der Waals surface area contributed by atoms with Gasteiger partial charge in [-0.05, 0) is 24.1 Å². The predicted octanol–water partition coefficient (Wildman–Crippen LogP) is 5.83. The summed E-state index contributed by atoms with van der Waals surface area (Å²) in [6.45, 7) is 2.89. The van der Waals surface area contributed by atoms with Crippen molar-refractivity contribution >= 4 is 23.2 Å². The predicted molar refractivity (Wildman–Crippen MR) is 86.4 cm³/mol. The van der Waals surface area contributed by atoms with Crippen LogP contribution in [0.4, 0.5) is 0 Å². The zero-order chi connectivity index (χ0) is 14.8. The lowest BCUT2D eigenvalue weighted by molar-refractivity contribution is 0.284. The van der Waals surface area contributed by atoms with E-state index in [1.54, 1.807) is 7.11 Å². The maximum Gasteiger partial charge on any atom is 0.179 e. The molecule has 0 heterocycles. The first-order valence-electron chi connectivity index (χ1n) is 7.28. The van der Waals surface area contributed by atoms with Gasteiger partial charge in [0.05, 0.1) is 18.7 Å². The van der Waals surface area contributed by atoms with Crippen molar-refractivity contribution in [3.8, 4) is 11.5 Å². The highest BCUT2D eigenvalue weighted by Gasteiger charge is 2.11. The molecule has 0 aliphatic heterocycles. The smallest absolute Gasteiger partial charge is 0.179 e. The maximum atomic E-state index is 6.21. The summed E-state index contributed by atoms with van der Waals surface area (Å²) < 4.78 is 11.1. The number of alkyl halides is 1. The summed E-state index contributed by atoms with van der Waals surface area (Å²) in [5.74, 6) is 1.68. The number of hydrogen-bond acceptors (Lipinski definition) is 2. The number of hydrogen-bond donors (Lipinski definition) is 0. The molecule has 114 valence electrons. The SMILES string of the molecule is CCCCCCCCOc1c(Cl)cc(CCl)cc1OC. The Bertz CT molecular complexity index is 394. The second-order valence-electron chi connectivity index (χ2n) is 4.86. The van der Waals surface area contributed by atoms with Crippen LogP contribution in [-0.4, -0.2) is 13.7 Å². The molecule has 0 fully saturated rings. The standard InChI is InChI=1S/C16H24Cl2O2/c1-3-4-5-6-7-8-9-20-16-14(18)10-13(12-17)11-15(16)19-2/h10-11H,3-9,12H2,1-2H3. The minimum Gasteiger partial charge on any atom is -0.493 e. The normalized spacial score (nSPS) is 10.6. The van der Waals surface area contributed by atoms with E-state index in [-0.39, 0.29) is 0 Å². The number of halogens is 2. The van der Waals surface area contributed by atoms with Gasteiger partial charge < -0.3 is 9.47 Å². The molecular formula is C16H24Cl2O2. The Labute approximate surface area is 132 Å². The van der Waals surface area contributed by atoms with Crippen LogP contribution in [0.1, 0.15) is 51.0 Å². The summed E-state index contributed by atoms with van der Waals surface area (Å²) in [7, 11) is 1.61. The van der Waals surface area contributed by atoms with E-state index >= 15 is 0 Å². The molecule has 0 aliphatic carbocycles. The van der Waals surface area contributed by atoms with Crippen molar-refractivity contribution in [3.63, 3.8) is 0 Å². The number of ether oxygens (including phenoxy) is 2. The van der Waals surface area contributed by atoms with Gasteiger partial charge >= 0.3 is 0 Å². The Hall–Kier alpha value is -0.600. The molecule has 0 saturated heterocycles. The summed E-state index contributed by atoms with van der Waals surface area (Å²) in [6, 6.07) is 3.70. The zero-order valence-electron chi connectivity index (χ0n) is 12.4. The number of unbranched alkanes of at least 4 members (excludes halogenated alkanes) is 5. The highest BCUT2D eigenvalue weighted by molar-refractivity contribution is 6.32. The molecule has 0 amide bonds. The van der Waals surface area contributed by atoms with Crippen molar-refractivity contribution in [1.82, 2.24) is 0 Å². The molecule has 0 aromatic heterocycles. The third-order valence-corrected chi connectivity index (χ3v) is 3.78. The van der Waals surface area contributed by atoms with E-state index in [9.17, 15) is 0 Å². The van der Waals surface area contributed by atoms with Gasteiger partial charge in [0.25, 0.3) is 0 Å². The number of methoxy groups -OCH3 is 1. The van der Waals surface area contributed by atoms with Gasteiger partial charge in [0, 0.05) is 5.88 Å². The molecule has 1 aromatic carbocycles. The van der Waals surface area contributed by atoms with E-state index in [2.05, 4.69) is 6.92 Å². The van der Waals surface area contributed by atoms with Crippen molar-refractivity contribution in [3.05, 3.63) is 22.7 Å². The first kappa shape index (κ1) is 17.5. The fraction of sp³-hybridized carbons (Fsp3) is 0.625. The molecule has 0 radical (unpaired) electrons. The molecule has 1 rings (SSSR count). The quantitative estimate of drug-likeness (QED) is 0.399. The first-order chi connectivity index (χ1) is 9.72. The monoisotopic (exact) mass is 318 g/mol. The Morgan fingerprint density at radius 3 is 2.40 bits per heavy atom. The molecule has 0 atom stereocenters. The third kappa shape index (κ3) is 5.80. The van der Waals surface area contributed by atoms with Gasteiger partial charge in [0.15, 0.2) is 11.5 Å². The van der Waals surface area contributed by atoms with Crippen molar-refractivity contribution < 1.29 is 9.47 Å². The number of benzene rings is 1. The minimum absolute atomic E-state index is 0.411. The van der Waals surface area contributed by atoms with Crippen molar-refractivity contribution in [2.45, 2.75) is 51.3 Å². The summed E-state index contributed by atoms with van der Waals surface area (Å²) in [5, 5.41) is 0.561. The van der Waals surface area contributed by atoms with Gasteiger partial charge in [-0.25, -0.2) is 0 Å². The van der Waals surface area contributed by atoms with E-state index in [1.165, 1.54) is 32.1 Å². The van der Waals surface area contributed by atoms with Crippen LogP contribution < -0.4 is 9.47 Å². The van der Waals surface area contributed by atoms with Gasteiger partial charge in [-0.3, -0.25) is 0 Å². The molecule has 0 saturated carbocycles. The lowest BCUT2D eigenvalue weighted by Crippen LogP contribution is -2.01. The van der Waals surface area contributed by atoms with Gasteiger partial charge in [-0.1, -0.05) is 50.6 Å². The van der Waals surface area contributed by atoms with Crippen molar-refractivity contribution in [2.75, 3.05) is 13.7 Å². The molecule has 2 nitrogen and oxygen atoms in total. The van der Waals surface area contributed by atoms with Crippen molar-refractivity contribution in [1.29, 1.82) is 0 Å². The molecule has 20 heavy (non-hydrogen) atoms. The van der Waals surface area contributed by atoms with Gasteiger partial charge in [0.2, 0.25) is 0 Å². The molecule has 0 bridgehead atoms. The van der Waals surface area contributed by atoms with Gasteiger partial charge in [-0.2, -0.15) is 0 Å². The summed E-state index contributed by atoms with van der Waals surface area (Å²) in [4.78, 5) is 0. The lowest BCUT2D eigenvalue weighted by Gasteiger charge is -2.13. The highest BCUT2D eigenvalue weighted by atomic mass is 35.5. The van der Waals surface area contributed by atoms with Gasteiger partial charge in [0.1, 0.15) is 0 Å². The summed E-state index contributed by atoms with van der Waals surface area (Å²) >= 11 is 12.0. The topological polar surface area (TPSA) is 18.5 Å². The first-order valence-corrected chi connectivity index (χ1v) is 8.19.